The molecule has 0 atom stereocenters. The Hall–Kier alpha value is -2.41. The maximum atomic E-state index is 13.6. The standard InChI is InChI=1S/C20H27FN4O2/c1-14-16(17-11-15(21)5-6-18(17)22-14)12-19(26)25-8-4-7-24(9-10-25)13-20(27)23(2)3/h5-6,11,22H,4,7-10,12-13H2,1-3H3. The van der Waals surface area contributed by atoms with Crippen LogP contribution in [0.4, 0.5) is 4.39 Å². The van der Waals surface area contributed by atoms with Gasteiger partial charge in [0.15, 0.2) is 0 Å². The Kier molecular flexibility index (Phi) is 5.79. The smallest absolute Gasteiger partial charge is 0.236 e. The summed E-state index contributed by atoms with van der Waals surface area (Å²) in [4.78, 5) is 33.5. The zero-order valence-electron chi connectivity index (χ0n) is 16.2. The highest BCUT2D eigenvalue weighted by Gasteiger charge is 2.22. The van der Waals surface area contributed by atoms with E-state index in [1.165, 1.54) is 12.1 Å². The molecule has 0 aliphatic carbocycles. The van der Waals surface area contributed by atoms with Crippen molar-refractivity contribution in [2.75, 3.05) is 46.8 Å². The number of hydrogen-bond acceptors (Lipinski definition) is 3. The van der Waals surface area contributed by atoms with E-state index in [1.807, 2.05) is 11.8 Å². The van der Waals surface area contributed by atoms with Gasteiger partial charge < -0.3 is 14.8 Å². The molecule has 146 valence electrons. The number of carbonyl (C=O) groups is 2. The monoisotopic (exact) mass is 374 g/mol. The number of benzene rings is 1. The maximum absolute atomic E-state index is 13.6. The van der Waals surface area contributed by atoms with Crippen molar-refractivity contribution in [3.05, 3.63) is 35.3 Å². The zero-order chi connectivity index (χ0) is 19.6. The predicted molar refractivity (Wildman–Crippen MR) is 103 cm³/mol. The predicted octanol–water partition coefficient (Wildman–Crippen LogP) is 1.78. The number of nitrogens with one attached hydrogen (secondary N) is 1. The van der Waals surface area contributed by atoms with Gasteiger partial charge in [-0.15, -0.1) is 0 Å². The van der Waals surface area contributed by atoms with Crippen LogP contribution in [0.25, 0.3) is 10.9 Å². The number of aromatic nitrogens is 1. The van der Waals surface area contributed by atoms with Gasteiger partial charge in [-0.2, -0.15) is 0 Å². The molecule has 2 heterocycles. The molecule has 7 heteroatoms. The summed E-state index contributed by atoms with van der Waals surface area (Å²) in [5.41, 5.74) is 2.61. The fraction of sp³-hybridized carbons (Fsp3) is 0.500. The fourth-order valence-corrected chi connectivity index (χ4v) is 3.56. The third-order valence-electron chi connectivity index (χ3n) is 5.21. The second-order valence-corrected chi connectivity index (χ2v) is 7.39. The Balaban J connectivity index is 1.66. The summed E-state index contributed by atoms with van der Waals surface area (Å²) in [6.07, 6.45) is 1.10. The van der Waals surface area contributed by atoms with Crippen LogP contribution < -0.4 is 0 Å². The second-order valence-electron chi connectivity index (χ2n) is 7.39. The molecule has 1 aromatic heterocycles. The van der Waals surface area contributed by atoms with E-state index < -0.39 is 0 Å². The van der Waals surface area contributed by atoms with E-state index in [0.29, 0.717) is 26.2 Å². The Morgan fingerprint density at radius 3 is 2.70 bits per heavy atom. The van der Waals surface area contributed by atoms with Gasteiger partial charge in [0.05, 0.1) is 13.0 Å². The van der Waals surface area contributed by atoms with Crippen molar-refractivity contribution in [3.63, 3.8) is 0 Å². The number of fused-ring (bicyclic) bond motifs is 1. The summed E-state index contributed by atoms with van der Waals surface area (Å²) in [6.45, 7) is 5.08. The van der Waals surface area contributed by atoms with Crippen LogP contribution in [0.15, 0.2) is 18.2 Å². The van der Waals surface area contributed by atoms with Crippen molar-refractivity contribution in [2.45, 2.75) is 19.8 Å². The summed E-state index contributed by atoms with van der Waals surface area (Å²) < 4.78 is 13.6. The second kappa shape index (κ2) is 8.08. The lowest BCUT2D eigenvalue weighted by atomic mass is 10.1. The van der Waals surface area contributed by atoms with Gasteiger partial charge in [0, 0.05) is 56.9 Å². The molecule has 0 unspecified atom stereocenters. The lowest BCUT2D eigenvalue weighted by molar-refractivity contribution is -0.130. The zero-order valence-corrected chi connectivity index (χ0v) is 16.2. The number of halogens is 1. The van der Waals surface area contributed by atoms with Crippen LogP contribution >= 0.6 is 0 Å². The highest BCUT2D eigenvalue weighted by molar-refractivity contribution is 5.90. The first-order valence-corrected chi connectivity index (χ1v) is 9.32. The van der Waals surface area contributed by atoms with Gasteiger partial charge in [-0.05, 0) is 37.1 Å². The first kappa shape index (κ1) is 19.4. The van der Waals surface area contributed by atoms with Gasteiger partial charge >= 0.3 is 0 Å². The number of aryl methyl sites for hydroxylation is 1. The molecule has 2 amide bonds. The van der Waals surface area contributed by atoms with Crippen molar-refractivity contribution >= 4 is 22.7 Å². The minimum absolute atomic E-state index is 0.0454. The Morgan fingerprint density at radius 1 is 1.19 bits per heavy atom. The van der Waals surface area contributed by atoms with E-state index >= 15 is 0 Å². The van der Waals surface area contributed by atoms with Gasteiger partial charge in [0.1, 0.15) is 5.82 Å². The van der Waals surface area contributed by atoms with Crippen molar-refractivity contribution in [3.8, 4) is 0 Å². The molecule has 1 N–H and O–H groups in total. The van der Waals surface area contributed by atoms with Crippen LogP contribution in [0.1, 0.15) is 17.7 Å². The fourth-order valence-electron chi connectivity index (χ4n) is 3.56. The summed E-state index contributed by atoms with van der Waals surface area (Å²) in [6, 6.07) is 4.61. The van der Waals surface area contributed by atoms with Gasteiger partial charge in [-0.3, -0.25) is 14.5 Å². The van der Waals surface area contributed by atoms with Crippen molar-refractivity contribution in [1.29, 1.82) is 0 Å². The van der Waals surface area contributed by atoms with Gasteiger partial charge in [0.25, 0.3) is 0 Å². The van der Waals surface area contributed by atoms with Crippen LogP contribution in [0.3, 0.4) is 0 Å². The average Bonchev–Trinajstić information content (AvgIpc) is 2.79. The Bertz CT molecular complexity index is 846. The molecule has 1 saturated heterocycles. The van der Waals surface area contributed by atoms with Gasteiger partial charge in [-0.25, -0.2) is 4.39 Å². The van der Waals surface area contributed by atoms with E-state index in [-0.39, 0.29) is 24.1 Å². The van der Waals surface area contributed by atoms with Crippen molar-refractivity contribution in [2.24, 2.45) is 0 Å². The molecule has 3 rings (SSSR count). The number of aromatic amines is 1. The molecule has 0 bridgehead atoms. The summed E-state index contributed by atoms with van der Waals surface area (Å²) in [5, 5.41) is 0.772. The third-order valence-corrected chi connectivity index (χ3v) is 5.21. The van der Waals surface area contributed by atoms with E-state index in [9.17, 15) is 14.0 Å². The molecular formula is C20H27FN4O2. The normalized spacial score (nSPS) is 15.8. The molecule has 6 nitrogen and oxygen atoms in total. The lowest BCUT2D eigenvalue weighted by Gasteiger charge is -2.23. The molecule has 1 aliphatic heterocycles. The number of carbonyl (C=O) groups excluding carboxylic acids is 2. The SMILES string of the molecule is Cc1[nH]c2ccc(F)cc2c1CC(=O)N1CCCN(CC(=O)N(C)C)CC1. The molecule has 0 spiro atoms. The highest BCUT2D eigenvalue weighted by atomic mass is 19.1. The minimum Gasteiger partial charge on any atom is -0.358 e. The lowest BCUT2D eigenvalue weighted by Crippen LogP contribution is -2.40. The van der Waals surface area contributed by atoms with Crippen LogP contribution in [0, 0.1) is 12.7 Å². The summed E-state index contributed by atoms with van der Waals surface area (Å²) in [5.74, 6) is -0.179. The van der Waals surface area contributed by atoms with E-state index in [2.05, 4.69) is 9.88 Å². The molecule has 0 radical (unpaired) electrons. The Morgan fingerprint density at radius 2 is 1.96 bits per heavy atom. The first-order chi connectivity index (χ1) is 12.8. The molecule has 2 aromatic rings. The Labute approximate surface area is 158 Å². The maximum Gasteiger partial charge on any atom is 0.236 e. The van der Waals surface area contributed by atoms with Crippen LogP contribution in [0.5, 0.6) is 0 Å². The van der Waals surface area contributed by atoms with Gasteiger partial charge in [0.2, 0.25) is 11.8 Å². The number of rotatable bonds is 4. The first-order valence-electron chi connectivity index (χ1n) is 9.32. The molecule has 0 saturated carbocycles. The molecule has 1 fully saturated rings. The number of nitrogens with zero attached hydrogens (tertiary/aromatic N) is 3. The average molecular weight is 374 g/mol. The van der Waals surface area contributed by atoms with E-state index in [1.54, 1.807) is 25.1 Å². The van der Waals surface area contributed by atoms with Gasteiger partial charge in [-0.1, -0.05) is 0 Å². The summed E-state index contributed by atoms with van der Waals surface area (Å²) >= 11 is 0. The number of hydrogen-bond donors (Lipinski definition) is 1. The molecule has 1 aliphatic rings. The number of amides is 2. The van der Waals surface area contributed by atoms with Crippen LogP contribution in [0.2, 0.25) is 0 Å². The van der Waals surface area contributed by atoms with E-state index in [4.69, 9.17) is 0 Å². The minimum atomic E-state index is -0.300. The van der Waals surface area contributed by atoms with Crippen molar-refractivity contribution < 1.29 is 14.0 Å². The number of likely N-dealkylation sites (N-methyl/N-ethyl adjacent to an activating group) is 1. The quantitative estimate of drug-likeness (QED) is 0.888. The van der Waals surface area contributed by atoms with Crippen LogP contribution in [-0.2, 0) is 16.0 Å². The van der Waals surface area contributed by atoms with Crippen molar-refractivity contribution in [1.82, 2.24) is 19.7 Å². The largest absolute Gasteiger partial charge is 0.358 e. The highest BCUT2D eigenvalue weighted by Crippen LogP contribution is 2.24. The third kappa shape index (κ3) is 4.47. The van der Waals surface area contributed by atoms with E-state index in [0.717, 1.165) is 35.1 Å². The molecular weight excluding hydrogens is 347 g/mol. The molecule has 1 aromatic carbocycles. The van der Waals surface area contributed by atoms with Crippen LogP contribution in [-0.4, -0.2) is 78.3 Å². The number of H-pyrrole nitrogens is 1. The summed E-state index contributed by atoms with van der Waals surface area (Å²) in [7, 11) is 3.50. The topological polar surface area (TPSA) is 59.7 Å². The molecule has 27 heavy (non-hydrogen) atoms.